The molecule has 1 aliphatic rings. The number of rotatable bonds is 4. The molecule has 2 N–H and O–H groups in total. The largest absolute Gasteiger partial charge is 0.454 e. The first-order chi connectivity index (χ1) is 10.3. The first kappa shape index (κ1) is 13.3. The van der Waals surface area contributed by atoms with Crippen molar-refractivity contribution in [3.05, 3.63) is 59.7 Å². The number of carbonyl (C=O) groups is 1. The van der Waals surface area contributed by atoms with E-state index in [0.29, 0.717) is 13.1 Å². The Morgan fingerprint density at radius 2 is 1.62 bits per heavy atom. The molecule has 0 bridgehead atoms. The van der Waals surface area contributed by atoms with Crippen molar-refractivity contribution < 1.29 is 14.3 Å². The van der Waals surface area contributed by atoms with Gasteiger partial charge in [0.25, 0.3) is 0 Å². The molecule has 0 atom stereocenters. The van der Waals surface area contributed by atoms with Crippen LogP contribution in [0.5, 0.6) is 11.5 Å². The predicted molar refractivity (Wildman–Crippen MR) is 78.1 cm³/mol. The lowest BCUT2D eigenvalue weighted by Crippen LogP contribution is -2.34. The second-order valence-electron chi connectivity index (χ2n) is 4.71. The maximum absolute atomic E-state index is 11.7. The van der Waals surface area contributed by atoms with Gasteiger partial charge in [-0.2, -0.15) is 0 Å². The van der Waals surface area contributed by atoms with Crippen LogP contribution >= 0.6 is 0 Å². The molecule has 0 spiro atoms. The fourth-order valence-corrected chi connectivity index (χ4v) is 2.07. The van der Waals surface area contributed by atoms with E-state index in [-0.39, 0.29) is 12.8 Å². The number of amides is 2. The fraction of sp³-hybridized carbons (Fsp3) is 0.188. The van der Waals surface area contributed by atoms with Gasteiger partial charge in [-0.1, -0.05) is 36.4 Å². The average molecular weight is 284 g/mol. The van der Waals surface area contributed by atoms with Gasteiger partial charge in [-0.15, -0.1) is 0 Å². The molecular weight excluding hydrogens is 268 g/mol. The minimum atomic E-state index is -0.198. The first-order valence-electron chi connectivity index (χ1n) is 6.75. The molecule has 0 saturated carbocycles. The number of benzene rings is 2. The van der Waals surface area contributed by atoms with Gasteiger partial charge in [0.1, 0.15) is 0 Å². The van der Waals surface area contributed by atoms with E-state index in [1.807, 2.05) is 48.5 Å². The molecule has 21 heavy (non-hydrogen) atoms. The molecule has 1 aliphatic heterocycles. The van der Waals surface area contributed by atoms with Crippen molar-refractivity contribution in [1.29, 1.82) is 0 Å². The zero-order chi connectivity index (χ0) is 14.5. The molecule has 0 unspecified atom stereocenters. The topological polar surface area (TPSA) is 59.6 Å². The van der Waals surface area contributed by atoms with Crippen molar-refractivity contribution in [2.24, 2.45) is 0 Å². The maximum atomic E-state index is 11.7. The SMILES string of the molecule is O=C(NCc1ccccc1)NCc1ccc2c(c1)OCO2. The summed E-state index contributed by atoms with van der Waals surface area (Å²) in [6.45, 7) is 1.20. The van der Waals surface area contributed by atoms with Crippen LogP contribution in [0.3, 0.4) is 0 Å². The van der Waals surface area contributed by atoms with Crippen molar-refractivity contribution in [3.63, 3.8) is 0 Å². The Labute approximate surface area is 122 Å². The van der Waals surface area contributed by atoms with Crippen LogP contribution in [0.2, 0.25) is 0 Å². The van der Waals surface area contributed by atoms with E-state index in [0.717, 1.165) is 22.6 Å². The highest BCUT2D eigenvalue weighted by Gasteiger charge is 2.13. The molecule has 2 aromatic carbocycles. The summed E-state index contributed by atoms with van der Waals surface area (Å²) in [5.74, 6) is 1.46. The summed E-state index contributed by atoms with van der Waals surface area (Å²) in [6.07, 6.45) is 0. The van der Waals surface area contributed by atoms with Gasteiger partial charge in [0.2, 0.25) is 6.79 Å². The molecule has 108 valence electrons. The lowest BCUT2D eigenvalue weighted by atomic mass is 10.2. The van der Waals surface area contributed by atoms with Crippen molar-refractivity contribution in [2.75, 3.05) is 6.79 Å². The zero-order valence-corrected chi connectivity index (χ0v) is 11.5. The summed E-state index contributed by atoms with van der Waals surface area (Å²) in [5, 5.41) is 5.63. The first-order valence-corrected chi connectivity index (χ1v) is 6.75. The Hall–Kier alpha value is -2.69. The third kappa shape index (κ3) is 3.45. The van der Waals surface area contributed by atoms with E-state index in [2.05, 4.69) is 10.6 Å². The van der Waals surface area contributed by atoms with Crippen molar-refractivity contribution in [3.8, 4) is 11.5 Å². The van der Waals surface area contributed by atoms with Crippen LogP contribution in [-0.2, 0) is 13.1 Å². The Balaban J connectivity index is 1.47. The Morgan fingerprint density at radius 3 is 2.43 bits per heavy atom. The molecule has 0 aromatic heterocycles. The quantitative estimate of drug-likeness (QED) is 0.906. The number of ether oxygens (including phenoxy) is 2. The number of fused-ring (bicyclic) bond motifs is 1. The number of urea groups is 1. The van der Waals surface area contributed by atoms with Gasteiger partial charge in [-0.05, 0) is 23.3 Å². The second kappa shape index (κ2) is 6.17. The van der Waals surface area contributed by atoms with E-state index >= 15 is 0 Å². The van der Waals surface area contributed by atoms with E-state index in [9.17, 15) is 4.79 Å². The summed E-state index contributed by atoms with van der Waals surface area (Å²) in [4.78, 5) is 11.7. The Kier molecular flexibility index (Phi) is 3.91. The van der Waals surface area contributed by atoms with Crippen molar-refractivity contribution in [2.45, 2.75) is 13.1 Å². The number of hydrogen-bond acceptors (Lipinski definition) is 3. The van der Waals surface area contributed by atoms with Crippen LogP contribution < -0.4 is 20.1 Å². The average Bonchev–Trinajstić information content (AvgIpc) is 2.99. The highest BCUT2D eigenvalue weighted by atomic mass is 16.7. The van der Waals surface area contributed by atoms with E-state index in [1.165, 1.54) is 0 Å². The van der Waals surface area contributed by atoms with Crippen LogP contribution in [-0.4, -0.2) is 12.8 Å². The summed E-state index contributed by atoms with van der Waals surface area (Å²) in [7, 11) is 0. The van der Waals surface area contributed by atoms with Gasteiger partial charge >= 0.3 is 6.03 Å². The molecular formula is C16H16N2O3. The Morgan fingerprint density at radius 1 is 0.905 bits per heavy atom. The molecule has 0 radical (unpaired) electrons. The highest BCUT2D eigenvalue weighted by molar-refractivity contribution is 5.73. The van der Waals surface area contributed by atoms with E-state index in [1.54, 1.807) is 0 Å². The summed E-state index contributed by atoms with van der Waals surface area (Å²) >= 11 is 0. The van der Waals surface area contributed by atoms with Crippen molar-refractivity contribution in [1.82, 2.24) is 10.6 Å². The highest BCUT2D eigenvalue weighted by Crippen LogP contribution is 2.32. The molecule has 0 saturated heterocycles. The minimum Gasteiger partial charge on any atom is -0.454 e. The number of hydrogen-bond donors (Lipinski definition) is 2. The maximum Gasteiger partial charge on any atom is 0.315 e. The van der Waals surface area contributed by atoms with Gasteiger partial charge in [0, 0.05) is 13.1 Å². The van der Waals surface area contributed by atoms with Crippen LogP contribution in [0.1, 0.15) is 11.1 Å². The zero-order valence-electron chi connectivity index (χ0n) is 11.5. The van der Waals surface area contributed by atoms with Crippen LogP contribution in [0.15, 0.2) is 48.5 Å². The smallest absolute Gasteiger partial charge is 0.315 e. The molecule has 1 heterocycles. The summed E-state index contributed by atoms with van der Waals surface area (Å²) in [5.41, 5.74) is 2.03. The normalized spacial score (nSPS) is 12.0. The lowest BCUT2D eigenvalue weighted by molar-refractivity contribution is 0.174. The summed E-state index contributed by atoms with van der Waals surface area (Å²) < 4.78 is 10.5. The molecule has 2 aromatic rings. The molecule has 0 fully saturated rings. The van der Waals surface area contributed by atoms with Gasteiger partial charge < -0.3 is 20.1 Å². The standard InChI is InChI=1S/C16H16N2O3/c19-16(17-9-12-4-2-1-3-5-12)18-10-13-6-7-14-15(8-13)21-11-20-14/h1-8H,9-11H2,(H2,17,18,19). The van der Waals surface area contributed by atoms with Gasteiger partial charge in [0.15, 0.2) is 11.5 Å². The number of carbonyl (C=O) groups excluding carboxylic acids is 1. The fourth-order valence-electron chi connectivity index (χ4n) is 2.07. The van der Waals surface area contributed by atoms with Gasteiger partial charge in [0.05, 0.1) is 0 Å². The lowest BCUT2D eigenvalue weighted by Gasteiger charge is -2.08. The van der Waals surface area contributed by atoms with Crippen LogP contribution in [0, 0.1) is 0 Å². The molecule has 5 heteroatoms. The van der Waals surface area contributed by atoms with Crippen LogP contribution in [0.25, 0.3) is 0 Å². The van der Waals surface area contributed by atoms with Crippen molar-refractivity contribution >= 4 is 6.03 Å². The monoisotopic (exact) mass is 284 g/mol. The molecule has 0 aliphatic carbocycles. The number of nitrogens with one attached hydrogen (secondary N) is 2. The third-order valence-electron chi connectivity index (χ3n) is 3.19. The summed E-state index contributed by atoms with van der Waals surface area (Å²) in [6, 6.07) is 15.2. The third-order valence-corrected chi connectivity index (χ3v) is 3.19. The molecule has 5 nitrogen and oxygen atoms in total. The molecule has 3 rings (SSSR count). The minimum absolute atomic E-state index is 0.198. The van der Waals surface area contributed by atoms with Gasteiger partial charge in [-0.3, -0.25) is 0 Å². The van der Waals surface area contributed by atoms with E-state index in [4.69, 9.17) is 9.47 Å². The Bertz CT molecular complexity index is 629. The van der Waals surface area contributed by atoms with Crippen LogP contribution in [0.4, 0.5) is 4.79 Å². The predicted octanol–water partition coefficient (Wildman–Crippen LogP) is 2.41. The van der Waals surface area contributed by atoms with E-state index < -0.39 is 0 Å². The second-order valence-corrected chi connectivity index (χ2v) is 4.71. The molecule has 2 amide bonds. The van der Waals surface area contributed by atoms with Gasteiger partial charge in [-0.25, -0.2) is 4.79 Å².